The van der Waals surface area contributed by atoms with Gasteiger partial charge >= 0.3 is 0 Å². The Labute approximate surface area is 240 Å². The molecule has 1 aliphatic rings. The minimum absolute atomic E-state index is 0.0441. The second kappa shape index (κ2) is 12.1. The van der Waals surface area contributed by atoms with E-state index in [1.54, 1.807) is 28.8 Å². The number of amides is 1. The van der Waals surface area contributed by atoms with Crippen LogP contribution in [0.25, 0.3) is 17.1 Å². The van der Waals surface area contributed by atoms with Crippen molar-refractivity contribution in [3.63, 3.8) is 0 Å². The zero-order valence-corrected chi connectivity index (χ0v) is 23.6. The Morgan fingerprint density at radius 3 is 2.51 bits per heavy atom. The Kier molecular flexibility index (Phi) is 8.33. The summed E-state index contributed by atoms with van der Waals surface area (Å²) in [6, 6.07) is 20.0. The zero-order chi connectivity index (χ0) is 29.0. The van der Waals surface area contributed by atoms with Gasteiger partial charge in [0.2, 0.25) is 15.9 Å². The third-order valence-electron chi connectivity index (χ3n) is 6.45. The monoisotopic (exact) mass is 594 g/mol. The molecule has 5 rings (SSSR count). The summed E-state index contributed by atoms with van der Waals surface area (Å²) < 4.78 is 34.7. The molecule has 3 aromatic carbocycles. The largest absolute Gasteiger partial charge is 0.496 e. The first kappa shape index (κ1) is 28.3. The second-order valence-electron chi connectivity index (χ2n) is 9.09. The molecule has 0 atom stereocenters. The molecule has 2 heterocycles. The standard InChI is InChI=1S/C27H26N6O6S2/c1-39-21-12-13-23(24(17-21)33(35)36)28-25(34)18-40-27-30-29-26(32(27)20-9-3-2-4-10-20)19-8-7-11-22(16-19)41(37,38)31-14-5-6-15-31/h2-4,7-13,16-17H,5-6,14-15,18H2,1H3,(H,28,34). The van der Waals surface area contributed by atoms with Gasteiger partial charge in [0.1, 0.15) is 11.4 Å². The second-order valence-corrected chi connectivity index (χ2v) is 12.0. The van der Waals surface area contributed by atoms with Crippen molar-refractivity contribution < 1.29 is 22.9 Å². The van der Waals surface area contributed by atoms with Gasteiger partial charge in [0.05, 0.1) is 28.7 Å². The molecule has 0 bridgehead atoms. The fourth-order valence-corrected chi connectivity index (χ4v) is 6.76. The highest BCUT2D eigenvalue weighted by atomic mass is 32.2. The van der Waals surface area contributed by atoms with Gasteiger partial charge < -0.3 is 10.1 Å². The van der Waals surface area contributed by atoms with E-state index in [0.29, 0.717) is 41.1 Å². The number of hydrogen-bond acceptors (Lipinski definition) is 9. The lowest BCUT2D eigenvalue weighted by atomic mass is 10.2. The molecule has 12 nitrogen and oxygen atoms in total. The van der Waals surface area contributed by atoms with Crippen LogP contribution in [0.4, 0.5) is 11.4 Å². The van der Waals surface area contributed by atoms with Gasteiger partial charge in [-0.3, -0.25) is 19.5 Å². The van der Waals surface area contributed by atoms with Crippen molar-refractivity contribution in [2.75, 3.05) is 31.3 Å². The van der Waals surface area contributed by atoms with E-state index in [0.717, 1.165) is 24.6 Å². The predicted octanol–water partition coefficient (Wildman–Crippen LogP) is 4.37. The molecule has 1 saturated heterocycles. The van der Waals surface area contributed by atoms with Gasteiger partial charge in [-0.1, -0.05) is 42.1 Å². The summed E-state index contributed by atoms with van der Waals surface area (Å²) in [4.78, 5) is 23.9. The van der Waals surface area contributed by atoms with Gasteiger partial charge in [0.15, 0.2) is 11.0 Å². The molecule has 14 heteroatoms. The van der Waals surface area contributed by atoms with Gasteiger partial charge in [-0.2, -0.15) is 4.31 Å². The summed E-state index contributed by atoms with van der Waals surface area (Å²) in [5, 5.41) is 23.1. The van der Waals surface area contributed by atoms with Crippen molar-refractivity contribution in [3.05, 3.63) is 82.9 Å². The molecule has 0 spiro atoms. The highest BCUT2D eigenvalue weighted by Crippen LogP contribution is 2.32. The van der Waals surface area contributed by atoms with E-state index in [1.807, 2.05) is 30.3 Å². The zero-order valence-electron chi connectivity index (χ0n) is 22.0. The van der Waals surface area contributed by atoms with Crippen LogP contribution in [0.2, 0.25) is 0 Å². The normalized spacial score (nSPS) is 13.7. The summed E-state index contributed by atoms with van der Waals surface area (Å²) in [6.45, 7) is 0.991. The van der Waals surface area contributed by atoms with Crippen LogP contribution in [0, 0.1) is 10.1 Å². The van der Waals surface area contributed by atoms with E-state index in [-0.39, 0.29) is 22.0 Å². The lowest BCUT2D eigenvalue weighted by Crippen LogP contribution is -2.27. The van der Waals surface area contributed by atoms with Crippen LogP contribution in [0.5, 0.6) is 5.75 Å². The highest BCUT2D eigenvalue weighted by molar-refractivity contribution is 7.99. The number of hydrogen-bond donors (Lipinski definition) is 1. The molecular weight excluding hydrogens is 568 g/mol. The van der Waals surface area contributed by atoms with E-state index >= 15 is 0 Å². The quantitative estimate of drug-likeness (QED) is 0.160. The number of sulfonamides is 1. The average Bonchev–Trinajstić information content (AvgIpc) is 3.68. The number of nitro groups is 1. The van der Waals surface area contributed by atoms with E-state index in [9.17, 15) is 23.3 Å². The van der Waals surface area contributed by atoms with Gasteiger partial charge in [-0.05, 0) is 49.2 Å². The van der Waals surface area contributed by atoms with Crippen LogP contribution < -0.4 is 10.1 Å². The van der Waals surface area contributed by atoms with E-state index in [2.05, 4.69) is 15.5 Å². The number of carbonyl (C=O) groups is 1. The van der Waals surface area contributed by atoms with Crippen LogP contribution in [-0.4, -0.2) is 64.3 Å². The molecule has 41 heavy (non-hydrogen) atoms. The number of aromatic nitrogens is 3. The van der Waals surface area contributed by atoms with Gasteiger partial charge in [0, 0.05) is 24.3 Å². The summed E-state index contributed by atoms with van der Waals surface area (Å²) >= 11 is 1.09. The van der Waals surface area contributed by atoms with E-state index in [4.69, 9.17) is 4.74 Å². The molecule has 1 N–H and O–H groups in total. The van der Waals surface area contributed by atoms with Crippen molar-refractivity contribution in [1.29, 1.82) is 0 Å². The minimum atomic E-state index is -3.64. The molecular formula is C27H26N6O6S2. The molecule has 0 saturated carbocycles. The smallest absolute Gasteiger partial charge is 0.296 e. The fraction of sp³-hybridized carbons (Fsp3) is 0.222. The van der Waals surface area contributed by atoms with Crippen molar-refractivity contribution in [2.24, 2.45) is 0 Å². The Morgan fingerprint density at radius 1 is 1.05 bits per heavy atom. The highest BCUT2D eigenvalue weighted by Gasteiger charge is 2.28. The van der Waals surface area contributed by atoms with E-state index in [1.165, 1.54) is 29.6 Å². The number of benzene rings is 3. The molecule has 0 radical (unpaired) electrons. The van der Waals surface area contributed by atoms with Crippen LogP contribution in [-0.2, 0) is 14.8 Å². The number of thioether (sulfide) groups is 1. The molecule has 212 valence electrons. The van der Waals surface area contributed by atoms with Crippen LogP contribution in [0.15, 0.2) is 82.8 Å². The first-order chi connectivity index (χ1) is 19.8. The first-order valence-electron chi connectivity index (χ1n) is 12.6. The maximum atomic E-state index is 13.2. The first-order valence-corrected chi connectivity index (χ1v) is 15.1. The molecule has 1 aliphatic heterocycles. The molecule has 4 aromatic rings. The van der Waals surface area contributed by atoms with Crippen LogP contribution >= 0.6 is 11.8 Å². The molecule has 1 fully saturated rings. The molecule has 0 unspecified atom stereocenters. The van der Waals surface area contributed by atoms with Crippen molar-refractivity contribution >= 4 is 39.1 Å². The van der Waals surface area contributed by atoms with E-state index < -0.39 is 20.9 Å². The maximum Gasteiger partial charge on any atom is 0.296 e. The topological polar surface area (TPSA) is 150 Å². The number of rotatable bonds is 10. The predicted molar refractivity (Wildman–Crippen MR) is 154 cm³/mol. The summed E-state index contributed by atoms with van der Waals surface area (Å²) in [7, 11) is -2.25. The van der Waals surface area contributed by atoms with Gasteiger partial charge in [0.25, 0.3) is 5.69 Å². The summed E-state index contributed by atoms with van der Waals surface area (Å²) in [5.41, 5.74) is 1.02. The Bertz CT molecular complexity index is 1690. The lowest BCUT2D eigenvalue weighted by molar-refractivity contribution is -0.384. The van der Waals surface area contributed by atoms with Crippen LogP contribution in [0.1, 0.15) is 12.8 Å². The Hall–Kier alpha value is -4.27. The third-order valence-corrected chi connectivity index (χ3v) is 9.27. The van der Waals surface area contributed by atoms with Crippen LogP contribution in [0.3, 0.4) is 0 Å². The summed E-state index contributed by atoms with van der Waals surface area (Å²) in [5.74, 6) is 0.108. The van der Waals surface area contributed by atoms with Gasteiger partial charge in [-0.15, -0.1) is 10.2 Å². The molecule has 1 aromatic heterocycles. The van der Waals surface area contributed by atoms with Crippen molar-refractivity contribution in [2.45, 2.75) is 22.9 Å². The Morgan fingerprint density at radius 2 is 1.80 bits per heavy atom. The minimum Gasteiger partial charge on any atom is -0.496 e. The van der Waals surface area contributed by atoms with Crippen molar-refractivity contribution in [3.8, 4) is 22.8 Å². The fourth-order valence-electron chi connectivity index (χ4n) is 4.44. The molecule has 1 amide bonds. The average molecular weight is 595 g/mol. The SMILES string of the molecule is COc1ccc(NC(=O)CSc2nnc(-c3cccc(S(=O)(=O)N4CCCC4)c3)n2-c2ccccc2)c([N+](=O)[O-])c1. The number of para-hydroxylation sites is 1. The maximum absolute atomic E-state index is 13.2. The third kappa shape index (κ3) is 6.09. The van der Waals surface area contributed by atoms with Crippen molar-refractivity contribution in [1.82, 2.24) is 19.1 Å². The number of carbonyl (C=O) groups excluding carboxylic acids is 1. The summed E-state index contributed by atoms with van der Waals surface area (Å²) in [6.07, 6.45) is 1.67. The Balaban J connectivity index is 1.42. The lowest BCUT2D eigenvalue weighted by Gasteiger charge is -2.16. The number of nitrogens with one attached hydrogen (secondary N) is 1. The number of ether oxygens (including phenoxy) is 1. The number of methoxy groups -OCH3 is 1. The molecule has 0 aliphatic carbocycles. The number of anilines is 1. The number of nitro benzene ring substituents is 1. The van der Waals surface area contributed by atoms with Gasteiger partial charge in [-0.25, -0.2) is 8.42 Å². The number of nitrogens with zero attached hydrogens (tertiary/aromatic N) is 5.